The maximum absolute atomic E-state index is 13.1. The molecule has 2 aromatic rings. The Balaban J connectivity index is 2.65. The zero-order valence-corrected chi connectivity index (χ0v) is 14.1. The molecular weight excluding hydrogens is 378 g/mol. The minimum absolute atomic E-state index is 0.00940. The van der Waals surface area contributed by atoms with Gasteiger partial charge in [-0.25, -0.2) is 4.79 Å². The van der Waals surface area contributed by atoms with E-state index in [9.17, 15) is 18.0 Å². The average molecular weight is 389 g/mol. The molecule has 0 fully saturated rings. The van der Waals surface area contributed by atoms with E-state index < -0.39 is 17.7 Å². The second-order valence-corrected chi connectivity index (χ2v) is 5.94. The normalized spacial score (nSPS) is 12.0. The molecule has 0 N–H and O–H groups in total. The zero-order chi connectivity index (χ0) is 17.4. The molecule has 0 amide bonds. The van der Waals surface area contributed by atoms with E-state index in [2.05, 4.69) is 5.10 Å². The third kappa shape index (κ3) is 3.67. The first-order valence-electron chi connectivity index (χ1n) is 6.58. The lowest BCUT2D eigenvalue weighted by molar-refractivity contribution is -0.147. The number of halogens is 6. The van der Waals surface area contributed by atoms with Crippen LogP contribution in [0.3, 0.4) is 0 Å². The van der Waals surface area contributed by atoms with Crippen LogP contribution in [0, 0.1) is 0 Å². The summed E-state index contributed by atoms with van der Waals surface area (Å²) >= 11 is 17.5. The molecule has 0 saturated carbocycles. The van der Waals surface area contributed by atoms with Crippen molar-refractivity contribution in [3.63, 3.8) is 0 Å². The molecule has 0 saturated heterocycles. The molecule has 0 aliphatic rings. The molecule has 1 aromatic carbocycles. The first-order chi connectivity index (χ1) is 10.7. The standard InChI is InChI=1S/C13H11Cl3F3N3O/c1-2-3-4-21-11(13(17,18)19)20-22(12(21)23)7-5-8(14)10(16)9(15)6-7/h5-6H,2-4H2,1H3. The zero-order valence-electron chi connectivity index (χ0n) is 11.8. The molecule has 0 unspecified atom stereocenters. The molecule has 2 rings (SSSR count). The Morgan fingerprint density at radius 2 is 1.74 bits per heavy atom. The van der Waals surface area contributed by atoms with Gasteiger partial charge in [-0.1, -0.05) is 48.1 Å². The average Bonchev–Trinajstić information content (AvgIpc) is 2.79. The van der Waals surface area contributed by atoms with E-state index in [1.165, 1.54) is 12.1 Å². The highest BCUT2D eigenvalue weighted by atomic mass is 35.5. The molecule has 0 atom stereocenters. The predicted octanol–water partition coefficient (Wildman–Crippen LogP) is 4.81. The van der Waals surface area contributed by atoms with Crippen LogP contribution in [0.25, 0.3) is 5.69 Å². The summed E-state index contributed by atoms with van der Waals surface area (Å²) in [5.74, 6) is -1.27. The van der Waals surface area contributed by atoms with Crippen LogP contribution in [0.2, 0.25) is 15.1 Å². The lowest BCUT2D eigenvalue weighted by Gasteiger charge is -2.06. The number of aromatic nitrogens is 3. The van der Waals surface area contributed by atoms with Gasteiger partial charge in [0.25, 0.3) is 0 Å². The van der Waals surface area contributed by atoms with E-state index in [1.807, 2.05) is 6.92 Å². The Kier molecular flexibility index (Phi) is 5.33. The van der Waals surface area contributed by atoms with Crippen molar-refractivity contribution in [1.29, 1.82) is 0 Å². The predicted molar refractivity (Wildman–Crippen MR) is 82.8 cm³/mol. The van der Waals surface area contributed by atoms with Crippen LogP contribution in [-0.4, -0.2) is 14.3 Å². The lowest BCUT2D eigenvalue weighted by Crippen LogP contribution is -2.26. The minimum atomic E-state index is -4.75. The van der Waals surface area contributed by atoms with Gasteiger partial charge < -0.3 is 0 Å². The summed E-state index contributed by atoms with van der Waals surface area (Å²) in [6, 6.07) is 2.46. The van der Waals surface area contributed by atoms with E-state index in [0.29, 0.717) is 22.1 Å². The van der Waals surface area contributed by atoms with Crippen LogP contribution < -0.4 is 5.69 Å². The largest absolute Gasteiger partial charge is 0.451 e. The van der Waals surface area contributed by atoms with Crippen LogP contribution >= 0.6 is 34.8 Å². The Labute approximate surface area is 144 Å². The van der Waals surface area contributed by atoms with E-state index in [1.54, 1.807) is 0 Å². The molecule has 1 aromatic heterocycles. The molecular formula is C13H11Cl3F3N3O. The molecule has 0 spiro atoms. The van der Waals surface area contributed by atoms with Crippen molar-refractivity contribution in [2.45, 2.75) is 32.5 Å². The Bertz CT molecular complexity index is 760. The van der Waals surface area contributed by atoms with Crippen LogP contribution in [-0.2, 0) is 12.7 Å². The lowest BCUT2D eigenvalue weighted by atomic mass is 10.3. The third-order valence-electron chi connectivity index (χ3n) is 3.06. The summed E-state index contributed by atoms with van der Waals surface area (Å²) in [5, 5.41) is 3.47. The number of benzene rings is 1. The number of rotatable bonds is 4. The summed E-state index contributed by atoms with van der Waals surface area (Å²) in [4.78, 5) is 12.3. The van der Waals surface area contributed by atoms with E-state index in [0.717, 1.165) is 0 Å². The number of unbranched alkanes of at least 4 members (excludes halogenated alkanes) is 1. The first-order valence-corrected chi connectivity index (χ1v) is 7.72. The Morgan fingerprint density at radius 1 is 1.17 bits per heavy atom. The van der Waals surface area contributed by atoms with Crippen LogP contribution in [0.1, 0.15) is 25.6 Å². The smallest absolute Gasteiger partial charge is 0.271 e. The van der Waals surface area contributed by atoms with Gasteiger partial charge in [0, 0.05) is 6.54 Å². The first kappa shape index (κ1) is 18.2. The van der Waals surface area contributed by atoms with Crippen molar-refractivity contribution >= 4 is 34.8 Å². The van der Waals surface area contributed by atoms with E-state index in [4.69, 9.17) is 34.8 Å². The quantitative estimate of drug-likeness (QED) is 0.705. The van der Waals surface area contributed by atoms with Crippen molar-refractivity contribution in [3.8, 4) is 5.69 Å². The van der Waals surface area contributed by atoms with Gasteiger partial charge in [-0.3, -0.25) is 4.57 Å². The second-order valence-electron chi connectivity index (χ2n) is 4.74. The number of nitrogens with zero attached hydrogens (tertiary/aromatic N) is 3. The second kappa shape index (κ2) is 6.75. The van der Waals surface area contributed by atoms with E-state index >= 15 is 0 Å². The van der Waals surface area contributed by atoms with E-state index in [-0.39, 0.29) is 27.3 Å². The molecule has 10 heteroatoms. The van der Waals surface area contributed by atoms with Crippen molar-refractivity contribution in [2.75, 3.05) is 0 Å². The highest BCUT2D eigenvalue weighted by molar-refractivity contribution is 6.48. The fourth-order valence-corrected chi connectivity index (χ4v) is 2.54. The fraction of sp³-hybridized carbons (Fsp3) is 0.385. The SMILES string of the molecule is CCCCn1c(C(F)(F)F)nn(-c2cc(Cl)c(Cl)c(Cl)c2)c1=O. The van der Waals surface area contributed by atoms with Crippen molar-refractivity contribution in [2.24, 2.45) is 0 Å². The van der Waals surface area contributed by atoms with Gasteiger partial charge in [0.1, 0.15) is 0 Å². The molecule has 0 bridgehead atoms. The van der Waals surface area contributed by atoms with Gasteiger partial charge in [0.15, 0.2) is 0 Å². The maximum Gasteiger partial charge on any atom is 0.451 e. The van der Waals surface area contributed by atoms with Gasteiger partial charge in [-0.2, -0.15) is 17.9 Å². The Hall–Kier alpha value is -1.18. The van der Waals surface area contributed by atoms with Crippen LogP contribution in [0.4, 0.5) is 13.2 Å². The van der Waals surface area contributed by atoms with Crippen molar-refractivity contribution < 1.29 is 13.2 Å². The summed E-state index contributed by atoms with van der Waals surface area (Å²) < 4.78 is 40.5. The van der Waals surface area contributed by atoms with Crippen molar-refractivity contribution in [1.82, 2.24) is 14.3 Å². The highest BCUT2D eigenvalue weighted by Gasteiger charge is 2.39. The number of hydrogen-bond donors (Lipinski definition) is 0. The molecule has 23 heavy (non-hydrogen) atoms. The summed E-state index contributed by atoms with van der Waals surface area (Å²) in [5.41, 5.74) is -0.907. The van der Waals surface area contributed by atoms with Crippen molar-refractivity contribution in [3.05, 3.63) is 43.5 Å². The molecule has 1 heterocycles. The maximum atomic E-state index is 13.1. The number of alkyl halides is 3. The number of hydrogen-bond acceptors (Lipinski definition) is 2. The van der Waals surface area contributed by atoms with Gasteiger partial charge in [-0.15, -0.1) is 5.10 Å². The van der Waals surface area contributed by atoms with Gasteiger partial charge in [0.2, 0.25) is 5.82 Å². The summed E-state index contributed by atoms with van der Waals surface area (Å²) in [7, 11) is 0. The van der Waals surface area contributed by atoms with Gasteiger partial charge in [0.05, 0.1) is 20.8 Å². The highest BCUT2D eigenvalue weighted by Crippen LogP contribution is 2.33. The van der Waals surface area contributed by atoms with Gasteiger partial charge >= 0.3 is 11.9 Å². The Morgan fingerprint density at radius 3 is 2.22 bits per heavy atom. The molecule has 126 valence electrons. The topological polar surface area (TPSA) is 39.8 Å². The summed E-state index contributed by atoms with van der Waals surface area (Å²) in [6.45, 7) is 1.72. The molecule has 0 aliphatic heterocycles. The van der Waals surface area contributed by atoms with Crippen LogP contribution in [0.5, 0.6) is 0 Å². The molecule has 4 nitrogen and oxygen atoms in total. The molecule has 0 radical (unpaired) electrons. The molecule has 0 aliphatic carbocycles. The monoisotopic (exact) mass is 387 g/mol. The fourth-order valence-electron chi connectivity index (χ4n) is 1.96. The minimum Gasteiger partial charge on any atom is -0.271 e. The van der Waals surface area contributed by atoms with Crippen LogP contribution in [0.15, 0.2) is 16.9 Å². The van der Waals surface area contributed by atoms with Gasteiger partial charge in [-0.05, 0) is 18.6 Å². The third-order valence-corrected chi connectivity index (χ3v) is 4.26. The summed E-state index contributed by atoms with van der Waals surface area (Å²) in [6.07, 6.45) is -3.71.